The van der Waals surface area contributed by atoms with Gasteiger partial charge in [-0.05, 0) is 28.8 Å². The van der Waals surface area contributed by atoms with E-state index in [-0.39, 0.29) is 35.9 Å². The number of methoxy groups -OCH3 is 1. The summed E-state index contributed by atoms with van der Waals surface area (Å²) < 4.78 is 10.7. The number of β-lactam (4-membered cyclic amide) rings is 1. The van der Waals surface area contributed by atoms with Crippen molar-refractivity contribution in [3.8, 4) is 5.75 Å². The fourth-order valence-electron chi connectivity index (χ4n) is 3.89. The smallest absolute Gasteiger partial charge is 0.355 e. The second-order valence-electron chi connectivity index (χ2n) is 8.01. The molecule has 0 spiro atoms. The molecule has 2 aromatic rings. The molecule has 0 radical (unpaired) electrons. The summed E-state index contributed by atoms with van der Waals surface area (Å²) in [6.45, 7) is 3.73. The fraction of sp³-hybridized carbons (Fsp3) is 0.222. The summed E-state index contributed by atoms with van der Waals surface area (Å²) in [5.41, 5.74) is 2.54. The van der Waals surface area contributed by atoms with E-state index in [0.717, 1.165) is 11.1 Å². The van der Waals surface area contributed by atoms with Crippen LogP contribution >= 0.6 is 11.8 Å². The van der Waals surface area contributed by atoms with Crippen LogP contribution < -0.4 is 10.1 Å². The molecule has 2 aromatic carbocycles. The number of allylic oxidation sites excluding steroid dienone is 3. The van der Waals surface area contributed by atoms with E-state index in [1.54, 1.807) is 37.5 Å². The van der Waals surface area contributed by atoms with E-state index in [2.05, 4.69) is 11.9 Å². The Labute approximate surface area is 208 Å². The zero-order valence-electron chi connectivity index (χ0n) is 19.3. The van der Waals surface area contributed by atoms with E-state index in [0.29, 0.717) is 17.1 Å². The Morgan fingerprint density at radius 3 is 2.57 bits per heavy atom. The van der Waals surface area contributed by atoms with Crippen LogP contribution in [0.5, 0.6) is 5.75 Å². The number of carbonyl (C=O) groups excluding carboxylic acids is 3. The molecule has 1 N–H and O–H groups in total. The van der Waals surface area contributed by atoms with Gasteiger partial charge in [-0.15, -0.1) is 11.8 Å². The number of hydrogen-bond donors (Lipinski definition) is 1. The predicted octanol–water partition coefficient (Wildman–Crippen LogP) is 3.38. The maximum absolute atomic E-state index is 13.1. The van der Waals surface area contributed by atoms with E-state index in [1.807, 2.05) is 42.5 Å². The minimum absolute atomic E-state index is 0.0574. The molecule has 4 rings (SSSR count). The highest BCUT2D eigenvalue weighted by Crippen LogP contribution is 2.41. The fourth-order valence-corrected chi connectivity index (χ4v) is 5.21. The van der Waals surface area contributed by atoms with Crippen LogP contribution in [0.2, 0.25) is 0 Å². The minimum atomic E-state index is -0.689. The molecule has 0 aromatic heterocycles. The maximum Gasteiger partial charge on any atom is 0.355 e. The molecule has 2 atom stereocenters. The van der Waals surface area contributed by atoms with Gasteiger partial charge in [0.25, 0.3) is 5.91 Å². The van der Waals surface area contributed by atoms with E-state index in [1.165, 1.54) is 16.7 Å². The van der Waals surface area contributed by atoms with E-state index >= 15 is 0 Å². The first kappa shape index (κ1) is 24.3. The van der Waals surface area contributed by atoms with Crippen molar-refractivity contribution < 1.29 is 23.9 Å². The molecule has 0 bridgehead atoms. The first-order valence-corrected chi connectivity index (χ1v) is 12.2. The molecule has 0 unspecified atom stereocenters. The molecular formula is C27H26N2O5S. The third kappa shape index (κ3) is 5.49. The zero-order valence-corrected chi connectivity index (χ0v) is 20.1. The molecule has 1 saturated heterocycles. The molecule has 35 heavy (non-hydrogen) atoms. The topological polar surface area (TPSA) is 84.9 Å². The maximum atomic E-state index is 13.1. The Balaban J connectivity index is 1.46. The third-order valence-electron chi connectivity index (χ3n) is 5.68. The molecule has 8 heteroatoms. The lowest BCUT2D eigenvalue weighted by Gasteiger charge is -2.49. The molecule has 0 aliphatic carbocycles. The Hall–Kier alpha value is -3.78. The highest BCUT2D eigenvalue weighted by atomic mass is 32.2. The summed E-state index contributed by atoms with van der Waals surface area (Å²) in [6.07, 6.45) is 5.27. The lowest BCUT2D eigenvalue weighted by molar-refractivity contribution is -0.153. The molecule has 7 nitrogen and oxygen atoms in total. The average molecular weight is 491 g/mol. The van der Waals surface area contributed by atoms with Crippen molar-refractivity contribution in [1.82, 2.24) is 10.2 Å². The molecule has 180 valence electrons. The lowest BCUT2D eigenvalue weighted by Crippen LogP contribution is -2.70. The standard InChI is InChI=1S/C27H26N2O5S/c1-3-4-10-20-17-35-26-23(28-22(30)15-18-8-6-5-7-9-18)25(31)29(26)24(20)27(32)34-16-19-11-13-21(33-2)14-12-19/h3-14,23,26H,1,15-17H2,2H3,(H,28,30)/b10-4+/t23-,26-/m1/s1. The van der Waals surface area contributed by atoms with E-state index in [9.17, 15) is 14.4 Å². The summed E-state index contributed by atoms with van der Waals surface area (Å²) >= 11 is 1.50. The highest BCUT2D eigenvalue weighted by Gasteiger charge is 2.54. The van der Waals surface area contributed by atoms with Crippen LogP contribution in [-0.2, 0) is 32.1 Å². The van der Waals surface area contributed by atoms with Crippen molar-refractivity contribution in [1.29, 1.82) is 0 Å². The molecule has 2 aliphatic rings. The Morgan fingerprint density at radius 2 is 1.89 bits per heavy atom. The Bertz CT molecular complexity index is 1170. The van der Waals surface area contributed by atoms with Crippen molar-refractivity contribution in [3.63, 3.8) is 0 Å². The summed E-state index contributed by atoms with van der Waals surface area (Å²) in [6, 6.07) is 15.8. The van der Waals surface area contributed by atoms with Gasteiger partial charge in [0.1, 0.15) is 29.5 Å². The molecule has 2 aliphatic heterocycles. The monoisotopic (exact) mass is 490 g/mol. The quantitative estimate of drug-likeness (QED) is 0.330. The second kappa shape index (κ2) is 11.1. The highest BCUT2D eigenvalue weighted by molar-refractivity contribution is 8.00. The van der Waals surface area contributed by atoms with Crippen molar-refractivity contribution in [2.75, 3.05) is 12.9 Å². The van der Waals surface area contributed by atoms with E-state index < -0.39 is 12.0 Å². The van der Waals surface area contributed by atoms with Crippen molar-refractivity contribution in [2.45, 2.75) is 24.4 Å². The number of esters is 1. The number of ether oxygens (including phenoxy) is 2. The Morgan fingerprint density at radius 1 is 1.14 bits per heavy atom. The molecule has 2 amide bonds. The van der Waals surface area contributed by atoms with Crippen LogP contribution in [0.4, 0.5) is 0 Å². The normalized spacial score (nSPS) is 19.1. The lowest BCUT2D eigenvalue weighted by atomic mass is 10.0. The summed E-state index contributed by atoms with van der Waals surface area (Å²) in [5, 5.41) is 2.46. The minimum Gasteiger partial charge on any atom is -0.497 e. The SMILES string of the molecule is C=C/C=C/C1=C(C(=O)OCc2ccc(OC)cc2)N2C(=O)[C@@H](NC(=O)Cc3ccccc3)[C@H]2SC1. The van der Waals surface area contributed by atoms with Crippen LogP contribution in [-0.4, -0.2) is 47.0 Å². The number of nitrogens with zero attached hydrogens (tertiary/aromatic N) is 1. The number of nitrogens with one attached hydrogen (secondary N) is 1. The first-order chi connectivity index (χ1) is 17.0. The van der Waals surface area contributed by atoms with Crippen LogP contribution in [0.15, 0.2) is 90.7 Å². The van der Waals surface area contributed by atoms with Crippen LogP contribution in [0.25, 0.3) is 0 Å². The van der Waals surface area contributed by atoms with E-state index in [4.69, 9.17) is 9.47 Å². The number of rotatable bonds is 9. The molecular weight excluding hydrogens is 464 g/mol. The van der Waals surface area contributed by atoms with Crippen molar-refractivity contribution in [3.05, 3.63) is 102 Å². The first-order valence-electron chi connectivity index (χ1n) is 11.1. The third-order valence-corrected chi connectivity index (χ3v) is 6.98. The van der Waals surface area contributed by atoms with Gasteiger partial charge in [0.2, 0.25) is 5.91 Å². The molecule has 0 saturated carbocycles. The van der Waals surface area contributed by atoms with Crippen molar-refractivity contribution >= 4 is 29.5 Å². The number of hydrogen-bond acceptors (Lipinski definition) is 6. The number of fused-ring (bicyclic) bond motifs is 1. The largest absolute Gasteiger partial charge is 0.497 e. The Kier molecular flexibility index (Phi) is 7.72. The summed E-state index contributed by atoms with van der Waals surface area (Å²) in [7, 11) is 1.58. The van der Waals surface area contributed by atoms with Gasteiger partial charge in [0, 0.05) is 5.75 Å². The van der Waals surface area contributed by atoms with Crippen molar-refractivity contribution in [2.24, 2.45) is 0 Å². The van der Waals surface area contributed by atoms with Gasteiger partial charge in [0.05, 0.1) is 13.5 Å². The number of carbonyl (C=O) groups is 3. The average Bonchev–Trinajstić information content (AvgIpc) is 2.89. The number of benzene rings is 2. The van der Waals surface area contributed by atoms with Gasteiger partial charge in [-0.25, -0.2) is 4.79 Å². The van der Waals surface area contributed by atoms with Gasteiger partial charge >= 0.3 is 5.97 Å². The summed E-state index contributed by atoms with van der Waals surface area (Å²) in [5.74, 6) is 0.0522. The van der Waals surface area contributed by atoms with Gasteiger partial charge in [-0.3, -0.25) is 14.5 Å². The van der Waals surface area contributed by atoms with Crippen LogP contribution in [0.3, 0.4) is 0 Å². The van der Waals surface area contributed by atoms with Crippen LogP contribution in [0, 0.1) is 0 Å². The van der Waals surface area contributed by atoms with Gasteiger partial charge in [-0.2, -0.15) is 0 Å². The number of amides is 2. The van der Waals surface area contributed by atoms with Gasteiger partial charge in [-0.1, -0.05) is 67.3 Å². The van der Waals surface area contributed by atoms with Crippen LogP contribution in [0.1, 0.15) is 11.1 Å². The van der Waals surface area contributed by atoms with Gasteiger partial charge < -0.3 is 14.8 Å². The summed E-state index contributed by atoms with van der Waals surface area (Å²) in [4.78, 5) is 40.1. The van der Waals surface area contributed by atoms with Gasteiger partial charge in [0.15, 0.2) is 0 Å². The predicted molar refractivity (Wildman–Crippen MR) is 134 cm³/mol. The molecule has 2 heterocycles. The number of thioether (sulfide) groups is 1. The second-order valence-corrected chi connectivity index (χ2v) is 9.12. The molecule has 1 fully saturated rings. The zero-order chi connectivity index (χ0) is 24.8.